The van der Waals surface area contributed by atoms with Crippen LogP contribution in [-0.2, 0) is 4.79 Å². The van der Waals surface area contributed by atoms with Crippen molar-refractivity contribution < 1.29 is 9.53 Å². The molecule has 114 valence electrons. The van der Waals surface area contributed by atoms with Crippen LogP contribution in [-0.4, -0.2) is 24.6 Å². The van der Waals surface area contributed by atoms with Gasteiger partial charge in [0.2, 0.25) is 0 Å². The minimum Gasteiger partial charge on any atom is -0.488 e. The monoisotopic (exact) mass is 308 g/mol. The third-order valence-corrected chi connectivity index (χ3v) is 4.03. The summed E-state index contributed by atoms with van der Waals surface area (Å²) < 4.78 is 5.61. The zero-order chi connectivity index (χ0) is 13.9. The Morgan fingerprint density at radius 3 is 2.67 bits per heavy atom. The molecule has 1 fully saturated rings. The van der Waals surface area contributed by atoms with Crippen molar-refractivity contribution in [3.05, 3.63) is 35.4 Å². The number of nitrogens with two attached hydrogens (primary N) is 1. The first kappa shape index (κ1) is 15.9. The van der Waals surface area contributed by atoms with Crippen molar-refractivity contribution in [2.45, 2.75) is 37.8 Å². The van der Waals surface area contributed by atoms with Crippen molar-refractivity contribution in [1.82, 2.24) is 5.32 Å². The molecule has 0 saturated heterocycles. The van der Waals surface area contributed by atoms with Crippen molar-refractivity contribution in [3.8, 4) is 5.75 Å². The zero-order valence-corrected chi connectivity index (χ0v) is 12.7. The first-order valence-corrected chi connectivity index (χ1v) is 7.21. The lowest BCUT2D eigenvalue weighted by Gasteiger charge is -2.27. The number of benzene rings is 1. The van der Waals surface area contributed by atoms with Gasteiger partial charge < -0.3 is 15.8 Å². The van der Waals surface area contributed by atoms with Crippen LogP contribution in [0.4, 0.5) is 0 Å². The summed E-state index contributed by atoms with van der Waals surface area (Å²) in [6.07, 6.45) is 5.84. The second-order valence-electron chi connectivity index (χ2n) is 5.58. The largest absolute Gasteiger partial charge is 0.488 e. The molecule has 0 aromatic heterocycles. The number of halogens is 1. The van der Waals surface area contributed by atoms with E-state index in [0.29, 0.717) is 18.2 Å². The highest BCUT2D eigenvalue weighted by molar-refractivity contribution is 5.99. The van der Waals surface area contributed by atoms with Gasteiger partial charge in [-0.15, -0.1) is 12.4 Å². The van der Waals surface area contributed by atoms with Crippen LogP contribution in [0.25, 0.3) is 6.08 Å². The fourth-order valence-corrected chi connectivity index (χ4v) is 2.79. The van der Waals surface area contributed by atoms with E-state index in [1.54, 1.807) is 0 Å². The van der Waals surface area contributed by atoms with Gasteiger partial charge in [-0.25, -0.2) is 0 Å². The number of fused-ring (bicyclic) bond motifs is 1. The average molecular weight is 309 g/mol. The molecular formula is C16H21ClN2O2. The van der Waals surface area contributed by atoms with Crippen LogP contribution < -0.4 is 15.8 Å². The van der Waals surface area contributed by atoms with Gasteiger partial charge in [0.1, 0.15) is 12.4 Å². The summed E-state index contributed by atoms with van der Waals surface area (Å²) >= 11 is 0. The molecule has 1 saturated carbocycles. The van der Waals surface area contributed by atoms with Crippen molar-refractivity contribution >= 4 is 24.4 Å². The molecule has 1 aromatic carbocycles. The SMILES string of the molecule is Cl.NC1CCC(NC(=O)C2=Cc3ccccc3OC2)CC1. The topological polar surface area (TPSA) is 64.3 Å². The van der Waals surface area contributed by atoms with Gasteiger partial charge in [-0.2, -0.15) is 0 Å². The Kier molecular flexibility index (Phi) is 5.26. The average Bonchev–Trinajstić information content (AvgIpc) is 2.49. The van der Waals surface area contributed by atoms with Gasteiger partial charge in [0.05, 0.1) is 5.57 Å². The van der Waals surface area contributed by atoms with Gasteiger partial charge in [-0.3, -0.25) is 4.79 Å². The van der Waals surface area contributed by atoms with Crippen LogP contribution >= 0.6 is 12.4 Å². The first-order valence-electron chi connectivity index (χ1n) is 7.21. The number of nitrogens with one attached hydrogen (secondary N) is 1. The lowest BCUT2D eigenvalue weighted by atomic mass is 9.91. The molecule has 1 aliphatic heterocycles. The van der Waals surface area contributed by atoms with E-state index in [-0.39, 0.29) is 24.4 Å². The van der Waals surface area contributed by atoms with Crippen molar-refractivity contribution in [2.24, 2.45) is 5.73 Å². The van der Waals surface area contributed by atoms with Gasteiger partial charge >= 0.3 is 0 Å². The molecular weight excluding hydrogens is 288 g/mol. The quantitative estimate of drug-likeness (QED) is 0.881. The maximum Gasteiger partial charge on any atom is 0.250 e. The summed E-state index contributed by atoms with van der Waals surface area (Å²) in [4.78, 5) is 12.3. The molecule has 0 radical (unpaired) electrons. The molecule has 0 spiro atoms. The normalized spacial score (nSPS) is 24.0. The Morgan fingerprint density at radius 2 is 1.90 bits per heavy atom. The van der Waals surface area contributed by atoms with E-state index in [1.165, 1.54) is 0 Å². The summed E-state index contributed by atoms with van der Waals surface area (Å²) in [6.45, 7) is 0.342. The first-order chi connectivity index (χ1) is 9.72. The van der Waals surface area contributed by atoms with E-state index in [2.05, 4.69) is 5.32 Å². The Hall–Kier alpha value is -1.52. The third-order valence-electron chi connectivity index (χ3n) is 4.03. The minimum atomic E-state index is -0.0139. The molecule has 21 heavy (non-hydrogen) atoms. The molecule has 4 nitrogen and oxygen atoms in total. The summed E-state index contributed by atoms with van der Waals surface area (Å²) in [5.41, 5.74) is 7.54. The van der Waals surface area contributed by atoms with Gasteiger partial charge in [0.15, 0.2) is 0 Å². The Labute approximate surface area is 131 Å². The number of carbonyl (C=O) groups excluding carboxylic acids is 1. The molecule has 3 N–H and O–H groups in total. The molecule has 2 aliphatic rings. The van der Waals surface area contributed by atoms with Crippen LogP contribution in [0.2, 0.25) is 0 Å². The Morgan fingerprint density at radius 1 is 1.19 bits per heavy atom. The van der Waals surface area contributed by atoms with E-state index in [0.717, 1.165) is 37.0 Å². The van der Waals surface area contributed by atoms with E-state index in [9.17, 15) is 4.79 Å². The van der Waals surface area contributed by atoms with Crippen LogP contribution in [0.3, 0.4) is 0 Å². The predicted molar refractivity (Wildman–Crippen MR) is 85.5 cm³/mol. The molecule has 1 amide bonds. The molecule has 0 atom stereocenters. The highest BCUT2D eigenvalue weighted by Gasteiger charge is 2.23. The number of hydrogen-bond acceptors (Lipinski definition) is 3. The maximum absolute atomic E-state index is 12.3. The maximum atomic E-state index is 12.3. The molecule has 0 bridgehead atoms. The fraction of sp³-hybridized carbons (Fsp3) is 0.438. The van der Waals surface area contributed by atoms with E-state index in [1.807, 2.05) is 30.3 Å². The lowest BCUT2D eigenvalue weighted by Crippen LogP contribution is -2.41. The second kappa shape index (κ2) is 6.96. The van der Waals surface area contributed by atoms with E-state index >= 15 is 0 Å². The molecule has 5 heteroatoms. The highest BCUT2D eigenvalue weighted by atomic mass is 35.5. The fourth-order valence-electron chi connectivity index (χ4n) is 2.79. The zero-order valence-electron chi connectivity index (χ0n) is 11.9. The number of carbonyl (C=O) groups is 1. The minimum absolute atomic E-state index is 0. The smallest absolute Gasteiger partial charge is 0.250 e. The van der Waals surface area contributed by atoms with Crippen LogP contribution in [0.15, 0.2) is 29.8 Å². The summed E-state index contributed by atoms with van der Waals surface area (Å²) in [6, 6.07) is 8.31. The molecule has 3 rings (SSSR count). The Balaban J connectivity index is 0.00000161. The Bertz CT molecular complexity index is 537. The third kappa shape index (κ3) is 3.77. The molecule has 0 unspecified atom stereocenters. The van der Waals surface area contributed by atoms with Gasteiger partial charge in [0.25, 0.3) is 5.91 Å². The molecule has 1 aromatic rings. The summed E-state index contributed by atoms with van der Waals surface area (Å²) in [5.74, 6) is 0.827. The molecule has 1 aliphatic carbocycles. The van der Waals surface area contributed by atoms with Crippen molar-refractivity contribution in [2.75, 3.05) is 6.61 Å². The van der Waals surface area contributed by atoms with Crippen LogP contribution in [0.5, 0.6) is 5.75 Å². The summed E-state index contributed by atoms with van der Waals surface area (Å²) in [5, 5.41) is 3.10. The second-order valence-corrected chi connectivity index (χ2v) is 5.58. The highest BCUT2D eigenvalue weighted by Crippen LogP contribution is 2.26. The molecule has 1 heterocycles. The number of rotatable bonds is 2. The standard InChI is InChI=1S/C16H20N2O2.ClH/c17-13-5-7-14(8-6-13)18-16(19)12-9-11-3-1-2-4-15(11)20-10-12;/h1-4,9,13-14H,5-8,10,17H2,(H,18,19);1H. The lowest BCUT2D eigenvalue weighted by molar-refractivity contribution is -0.118. The van der Waals surface area contributed by atoms with Gasteiger partial charge in [-0.1, -0.05) is 18.2 Å². The number of ether oxygens (including phenoxy) is 1. The van der Waals surface area contributed by atoms with Gasteiger partial charge in [0, 0.05) is 17.6 Å². The van der Waals surface area contributed by atoms with Crippen molar-refractivity contribution in [3.63, 3.8) is 0 Å². The number of amides is 1. The van der Waals surface area contributed by atoms with Crippen molar-refractivity contribution in [1.29, 1.82) is 0 Å². The summed E-state index contributed by atoms with van der Waals surface area (Å²) in [7, 11) is 0. The number of hydrogen-bond donors (Lipinski definition) is 2. The predicted octanol–water partition coefficient (Wildman–Crippen LogP) is 2.27. The number of para-hydroxylation sites is 1. The van der Waals surface area contributed by atoms with Gasteiger partial charge in [-0.05, 0) is 37.8 Å². The van der Waals surface area contributed by atoms with E-state index < -0.39 is 0 Å². The van der Waals surface area contributed by atoms with E-state index in [4.69, 9.17) is 10.5 Å². The van der Waals surface area contributed by atoms with Crippen LogP contribution in [0, 0.1) is 0 Å². The van der Waals surface area contributed by atoms with Crippen LogP contribution in [0.1, 0.15) is 31.2 Å².